The predicted octanol–water partition coefficient (Wildman–Crippen LogP) is -0.388. The number of nitrogens with one attached hydrogen (secondary N) is 1. The van der Waals surface area contributed by atoms with Crippen molar-refractivity contribution in [2.45, 2.75) is 18.9 Å². The molecule has 13 heavy (non-hydrogen) atoms. The van der Waals surface area contributed by atoms with Gasteiger partial charge in [0.2, 0.25) is 6.41 Å². The molecule has 5 nitrogen and oxygen atoms in total. The second-order valence-corrected chi connectivity index (χ2v) is 3.11. The number of hydrogen-bond donors (Lipinski definition) is 2. The maximum atomic E-state index is 10.4. The van der Waals surface area contributed by atoms with Crippen LogP contribution < -0.4 is 5.32 Å². The molecule has 1 rings (SSSR count). The lowest BCUT2D eigenvalue weighted by Crippen LogP contribution is -2.37. The number of rotatable bonds is 5. The molecule has 1 fully saturated rings. The number of carboxylic acids is 1. The van der Waals surface area contributed by atoms with Crippen molar-refractivity contribution in [3.8, 4) is 0 Å². The summed E-state index contributed by atoms with van der Waals surface area (Å²) < 4.78 is 5.12. The first-order valence-electron chi connectivity index (χ1n) is 4.23. The number of ether oxygens (including phenoxy) is 1. The summed E-state index contributed by atoms with van der Waals surface area (Å²) in [5, 5.41) is 11.1. The third-order valence-corrected chi connectivity index (χ3v) is 2.21. The molecule has 0 bridgehead atoms. The average Bonchev–Trinajstić information content (AvgIpc) is 2.54. The minimum Gasteiger partial charge on any atom is -0.481 e. The summed E-state index contributed by atoms with van der Waals surface area (Å²) in [6.45, 7) is 1.19. The number of aliphatic carboxylic acids is 1. The zero-order chi connectivity index (χ0) is 9.68. The van der Waals surface area contributed by atoms with Gasteiger partial charge >= 0.3 is 5.97 Å². The molecule has 0 saturated carbocycles. The summed E-state index contributed by atoms with van der Waals surface area (Å²) in [5.41, 5.74) is 0. The highest BCUT2D eigenvalue weighted by atomic mass is 16.5. The largest absolute Gasteiger partial charge is 0.481 e. The molecular weight excluding hydrogens is 174 g/mol. The van der Waals surface area contributed by atoms with Gasteiger partial charge < -0.3 is 15.2 Å². The first-order chi connectivity index (χ1) is 6.24. The van der Waals surface area contributed by atoms with Crippen molar-refractivity contribution >= 4 is 12.4 Å². The standard InChI is InChI=1S/C8H13NO4/c10-5-9-7(3-8(11)12)6-1-2-13-4-6/h5-7H,1-4H2,(H,9,10)(H,11,12). The lowest BCUT2D eigenvalue weighted by Gasteiger charge is -2.19. The Morgan fingerprint density at radius 1 is 1.77 bits per heavy atom. The smallest absolute Gasteiger partial charge is 0.305 e. The van der Waals surface area contributed by atoms with E-state index < -0.39 is 5.97 Å². The molecule has 0 aromatic rings. The van der Waals surface area contributed by atoms with Gasteiger partial charge in [-0.1, -0.05) is 0 Å². The predicted molar refractivity (Wildman–Crippen MR) is 44.2 cm³/mol. The van der Waals surface area contributed by atoms with E-state index in [-0.39, 0.29) is 18.4 Å². The van der Waals surface area contributed by atoms with Crippen LogP contribution in [0.3, 0.4) is 0 Å². The zero-order valence-electron chi connectivity index (χ0n) is 7.23. The third-order valence-electron chi connectivity index (χ3n) is 2.21. The van der Waals surface area contributed by atoms with Gasteiger partial charge in [-0.15, -0.1) is 0 Å². The van der Waals surface area contributed by atoms with Gasteiger partial charge in [0, 0.05) is 18.6 Å². The lowest BCUT2D eigenvalue weighted by atomic mass is 9.96. The molecule has 0 aliphatic carbocycles. The summed E-state index contributed by atoms with van der Waals surface area (Å²) in [4.78, 5) is 20.7. The van der Waals surface area contributed by atoms with Crippen LogP contribution in [-0.4, -0.2) is 36.7 Å². The molecule has 1 heterocycles. The number of carboxylic acid groups (broad SMARTS) is 1. The Morgan fingerprint density at radius 2 is 2.54 bits per heavy atom. The molecule has 2 atom stereocenters. The van der Waals surface area contributed by atoms with E-state index in [2.05, 4.69) is 5.32 Å². The molecule has 2 unspecified atom stereocenters. The average molecular weight is 187 g/mol. The molecule has 0 radical (unpaired) electrons. The van der Waals surface area contributed by atoms with Gasteiger partial charge in [-0.2, -0.15) is 0 Å². The van der Waals surface area contributed by atoms with Crippen LogP contribution >= 0.6 is 0 Å². The van der Waals surface area contributed by atoms with Crippen molar-refractivity contribution in [2.75, 3.05) is 13.2 Å². The van der Waals surface area contributed by atoms with E-state index in [1.54, 1.807) is 0 Å². The molecule has 0 spiro atoms. The Hall–Kier alpha value is -1.10. The van der Waals surface area contributed by atoms with Gasteiger partial charge in [-0.05, 0) is 6.42 Å². The first-order valence-corrected chi connectivity index (χ1v) is 4.23. The minimum absolute atomic E-state index is 0.0350. The van der Waals surface area contributed by atoms with Crippen LogP contribution in [0.5, 0.6) is 0 Å². The van der Waals surface area contributed by atoms with Gasteiger partial charge in [0.15, 0.2) is 0 Å². The number of amides is 1. The summed E-state index contributed by atoms with van der Waals surface area (Å²) in [7, 11) is 0. The van der Waals surface area contributed by atoms with Gasteiger partial charge in [0.05, 0.1) is 13.0 Å². The van der Waals surface area contributed by atoms with Gasteiger partial charge in [-0.25, -0.2) is 0 Å². The van der Waals surface area contributed by atoms with Crippen molar-refractivity contribution in [3.63, 3.8) is 0 Å². The molecule has 0 aromatic carbocycles. The SMILES string of the molecule is O=CNC(CC(=O)O)C1CCOC1. The van der Waals surface area contributed by atoms with Gasteiger partial charge in [-0.3, -0.25) is 9.59 Å². The Kier molecular flexibility index (Phi) is 3.70. The lowest BCUT2D eigenvalue weighted by molar-refractivity contribution is -0.138. The Balaban J connectivity index is 2.44. The van der Waals surface area contributed by atoms with E-state index >= 15 is 0 Å². The van der Waals surface area contributed by atoms with E-state index in [9.17, 15) is 9.59 Å². The van der Waals surface area contributed by atoms with Crippen molar-refractivity contribution < 1.29 is 19.4 Å². The Labute approximate surface area is 76.1 Å². The van der Waals surface area contributed by atoms with Gasteiger partial charge in [0.1, 0.15) is 0 Å². The van der Waals surface area contributed by atoms with E-state index in [1.165, 1.54) is 0 Å². The quantitative estimate of drug-likeness (QED) is 0.575. The molecule has 74 valence electrons. The van der Waals surface area contributed by atoms with Crippen LogP contribution in [0.1, 0.15) is 12.8 Å². The highest BCUT2D eigenvalue weighted by Gasteiger charge is 2.26. The van der Waals surface area contributed by atoms with Crippen LogP contribution in [0.2, 0.25) is 0 Å². The third kappa shape index (κ3) is 3.02. The molecule has 0 aromatic heterocycles. The monoisotopic (exact) mass is 187 g/mol. The van der Waals surface area contributed by atoms with Crippen molar-refractivity contribution in [1.29, 1.82) is 0 Å². The second-order valence-electron chi connectivity index (χ2n) is 3.11. The van der Waals surface area contributed by atoms with Crippen LogP contribution in [0.25, 0.3) is 0 Å². The normalized spacial score (nSPS) is 23.8. The molecule has 1 saturated heterocycles. The fraction of sp³-hybridized carbons (Fsp3) is 0.750. The molecule has 2 N–H and O–H groups in total. The first kappa shape index (κ1) is 9.98. The Morgan fingerprint density at radius 3 is 3.00 bits per heavy atom. The van der Waals surface area contributed by atoms with Crippen molar-refractivity contribution in [2.24, 2.45) is 5.92 Å². The fourth-order valence-electron chi connectivity index (χ4n) is 1.51. The summed E-state index contributed by atoms with van der Waals surface area (Å²) in [6.07, 6.45) is 1.33. The van der Waals surface area contributed by atoms with E-state index in [4.69, 9.17) is 9.84 Å². The molecule has 5 heteroatoms. The molecular formula is C8H13NO4. The maximum absolute atomic E-state index is 10.4. The number of carbonyl (C=O) groups excluding carboxylic acids is 1. The molecule has 1 amide bonds. The van der Waals surface area contributed by atoms with E-state index in [0.29, 0.717) is 19.6 Å². The van der Waals surface area contributed by atoms with Gasteiger partial charge in [0.25, 0.3) is 0 Å². The topological polar surface area (TPSA) is 75.6 Å². The highest BCUT2D eigenvalue weighted by molar-refractivity contribution is 5.68. The zero-order valence-corrected chi connectivity index (χ0v) is 7.23. The van der Waals surface area contributed by atoms with E-state index in [0.717, 1.165) is 6.42 Å². The Bertz CT molecular complexity index is 189. The summed E-state index contributed by atoms with van der Waals surface area (Å²) in [6, 6.07) is -0.294. The minimum atomic E-state index is -0.897. The molecule has 1 aliphatic rings. The molecule has 1 aliphatic heterocycles. The summed E-state index contributed by atoms with van der Waals surface area (Å²) >= 11 is 0. The number of carbonyl (C=O) groups is 2. The van der Waals surface area contributed by atoms with Crippen molar-refractivity contribution in [3.05, 3.63) is 0 Å². The number of hydrogen-bond acceptors (Lipinski definition) is 3. The van der Waals surface area contributed by atoms with Crippen LogP contribution in [0.4, 0.5) is 0 Å². The van der Waals surface area contributed by atoms with Crippen molar-refractivity contribution in [1.82, 2.24) is 5.32 Å². The highest BCUT2D eigenvalue weighted by Crippen LogP contribution is 2.18. The van der Waals surface area contributed by atoms with Crippen LogP contribution in [0.15, 0.2) is 0 Å². The van der Waals surface area contributed by atoms with Crippen LogP contribution in [0, 0.1) is 5.92 Å². The van der Waals surface area contributed by atoms with E-state index in [1.807, 2.05) is 0 Å². The fourth-order valence-corrected chi connectivity index (χ4v) is 1.51. The second kappa shape index (κ2) is 4.81. The van der Waals surface area contributed by atoms with Crippen LogP contribution in [-0.2, 0) is 14.3 Å². The maximum Gasteiger partial charge on any atom is 0.305 e. The summed E-state index contributed by atoms with van der Waals surface area (Å²) in [5.74, 6) is -0.757.